The third-order valence-electron chi connectivity index (χ3n) is 4.79. The summed E-state index contributed by atoms with van der Waals surface area (Å²) in [6.45, 7) is 2.96. The summed E-state index contributed by atoms with van der Waals surface area (Å²) >= 11 is 12.1. The Morgan fingerprint density at radius 3 is 2.75 bits per heavy atom. The van der Waals surface area contributed by atoms with Crippen molar-refractivity contribution in [3.8, 4) is 0 Å². The van der Waals surface area contributed by atoms with Crippen LogP contribution in [-0.2, 0) is 6.54 Å². The van der Waals surface area contributed by atoms with Crippen LogP contribution in [0.5, 0.6) is 0 Å². The maximum absolute atomic E-state index is 8.88. The molecule has 0 bridgehead atoms. The summed E-state index contributed by atoms with van der Waals surface area (Å²) < 4.78 is 0. The molecule has 0 aliphatic carbocycles. The number of unbranched alkanes of at least 4 members (excludes halogenated alkanes) is 1. The van der Waals surface area contributed by atoms with Crippen LogP contribution in [0, 0.1) is 5.92 Å². The van der Waals surface area contributed by atoms with Crippen LogP contribution in [-0.4, -0.2) is 41.2 Å². The van der Waals surface area contributed by atoms with Crippen molar-refractivity contribution in [1.82, 2.24) is 4.90 Å². The molecule has 1 aliphatic heterocycles. The Kier molecular flexibility index (Phi) is 8.34. The van der Waals surface area contributed by atoms with E-state index in [-0.39, 0.29) is 6.04 Å². The molecule has 134 valence electrons. The van der Waals surface area contributed by atoms with E-state index in [1.54, 1.807) is 0 Å². The summed E-state index contributed by atoms with van der Waals surface area (Å²) in [5.41, 5.74) is 7.55. The zero-order valence-electron chi connectivity index (χ0n) is 14.0. The minimum atomic E-state index is -1.20. The Hall–Kier alpha value is -0.295. The first kappa shape index (κ1) is 20.0. The number of benzene rings is 1. The topological polar surface area (TPSA) is 69.7 Å². The molecule has 0 saturated carbocycles. The first-order valence-corrected chi connectivity index (χ1v) is 9.49. The van der Waals surface area contributed by atoms with Crippen molar-refractivity contribution in [2.45, 2.75) is 51.0 Å². The van der Waals surface area contributed by atoms with Gasteiger partial charge in [-0.15, -0.1) is 0 Å². The highest BCUT2D eigenvalue weighted by molar-refractivity contribution is 6.42. The van der Waals surface area contributed by atoms with Gasteiger partial charge in [0.05, 0.1) is 10.0 Å². The van der Waals surface area contributed by atoms with Crippen LogP contribution in [0.2, 0.25) is 16.4 Å². The maximum atomic E-state index is 8.88. The molecule has 7 heteroatoms. The lowest BCUT2D eigenvalue weighted by molar-refractivity contribution is 0.147. The summed E-state index contributed by atoms with van der Waals surface area (Å²) in [6.07, 6.45) is 5.46. The van der Waals surface area contributed by atoms with E-state index >= 15 is 0 Å². The van der Waals surface area contributed by atoms with Crippen molar-refractivity contribution < 1.29 is 10.0 Å². The van der Waals surface area contributed by atoms with Gasteiger partial charge in [0, 0.05) is 19.1 Å². The number of nitrogens with zero attached hydrogens (tertiary/aromatic N) is 1. The Balaban J connectivity index is 1.79. The molecule has 2 unspecified atom stereocenters. The summed E-state index contributed by atoms with van der Waals surface area (Å²) in [7, 11) is -1.20. The van der Waals surface area contributed by atoms with Crippen LogP contribution in [0.15, 0.2) is 18.2 Å². The fourth-order valence-electron chi connectivity index (χ4n) is 3.42. The fourth-order valence-corrected chi connectivity index (χ4v) is 3.74. The number of rotatable bonds is 8. The Labute approximate surface area is 155 Å². The van der Waals surface area contributed by atoms with E-state index in [1.165, 1.54) is 12.0 Å². The van der Waals surface area contributed by atoms with Gasteiger partial charge in [-0.1, -0.05) is 42.1 Å². The fraction of sp³-hybridized carbons (Fsp3) is 0.647. The second-order valence-corrected chi connectivity index (χ2v) is 7.63. The van der Waals surface area contributed by atoms with Gasteiger partial charge in [-0.2, -0.15) is 0 Å². The smallest absolute Gasteiger partial charge is 0.427 e. The molecule has 24 heavy (non-hydrogen) atoms. The van der Waals surface area contributed by atoms with Gasteiger partial charge in [0.15, 0.2) is 0 Å². The molecule has 4 N–H and O–H groups in total. The molecule has 0 spiro atoms. The molecular formula is C17H27BCl2N2O2. The van der Waals surface area contributed by atoms with Crippen LogP contribution >= 0.6 is 23.2 Å². The summed E-state index contributed by atoms with van der Waals surface area (Å²) in [5.74, 6) is 0.501. The Morgan fingerprint density at radius 1 is 1.25 bits per heavy atom. The highest BCUT2D eigenvalue weighted by Crippen LogP contribution is 2.26. The molecule has 1 aliphatic rings. The molecule has 1 saturated heterocycles. The van der Waals surface area contributed by atoms with Crippen LogP contribution in [0.3, 0.4) is 0 Å². The quantitative estimate of drug-likeness (QED) is 0.484. The number of hydrogen-bond acceptors (Lipinski definition) is 4. The van der Waals surface area contributed by atoms with Gasteiger partial charge in [-0.3, -0.25) is 4.90 Å². The normalized spacial score (nSPS) is 20.1. The average Bonchev–Trinajstić information content (AvgIpc) is 2.55. The van der Waals surface area contributed by atoms with Crippen molar-refractivity contribution in [3.05, 3.63) is 33.8 Å². The molecule has 2 rings (SSSR count). The maximum Gasteiger partial charge on any atom is 0.451 e. The van der Waals surface area contributed by atoms with E-state index in [2.05, 4.69) is 4.90 Å². The molecule has 0 amide bonds. The monoisotopic (exact) mass is 372 g/mol. The summed E-state index contributed by atoms with van der Waals surface area (Å²) in [5, 5.41) is 18.9. The Morgan fingerprint density at radius 2 is 2.04 bits per heavy atom. The van der Waals surface area contributed by atoms with Crippen molar-refractivity contribution in [2.24, 2.45) is 11.7 Å². The van der Waals surface area contributed by atoms with Crippen molar-refractivity contribution in [2.75, 3.05) is 13.1 Å². The third kappa shape index (κ3) is 6.55. The molecule has 1 aromatic carbocycles. The van der Waals surface area contributed by atoms with E-state index in [0.29, 0.717) is 22.3 Å². The number of hydrogen-bond donors (Lipinski definition) is 3. The third-order valence-corrected chi connectivity index (χ3v) is 5.53. The van der Waals surface area contributed by atoms with Gasteiger partial charge in [-0.25, -0.2) is 0 Å². The molecular weight excluding hydrogens is 346 g/mol. The van der Waals surface area contributed by atoms with E-state index < -0.39 is 7.12 Å². The number of nitrogens with two attached hydrogens (primary N) is 1. The van der Waals surface area contributed by atoms with Gasteiger partial charge < -0.3 is 15.8 Å². The predicted octanol–water partition coefficient (Wildman–Crippen LogP) is 3.18. The van der Waals surface area contributed by atoms with Crippen molar-refractivity contribution in [1.29, 1.82) is 0 Å². The first-order chi connectivity index (χ1) is 11.5. The standard InChI is InChI=1S/C17H27BCl2N2O2/c19-15-7-6-13(10-16(15)20)11-22-9-3-4-14(12-22)17(21)5-1-2-8-18(23)24/h6-7,10,14,17,23-24H,1-5,8-9,11-12,21H2. The van der Waals surface area contributed by atoms with E-state index in [0.717, 1.165) is 45.3 Å². The lowest BCUT2D eigenvalue weighted by atomic mass is 9.82. The van der Waals surface area contributed by atoms with Crippen LogP contribution in [0.1, 0.15) is 37.7 Å². The molecule has 0 aromatic heterocycles. The van der Waals surface area contributed by atoms with Crippen LogP contribution < -0.4 is 5.73 Å². The van der Waals surface area contributed by atoms with Crippen LogP contribution in [0.25, 0.3) is 0 Å². The van der Waals surface area contributed by atoms with Crippen molar-refractivity contribution >= 4 is 30.3 Å². The molecule has 1 heterocycles. The SMILES string of the molecule is NC(CCCCB(O)O)C1CCCN(Cc2ccc(Cl)c(Cl)c2)C1. The van der Waals surface area contributed by atoms with Gasteiger partial charge in [-0.05, 0) is 55.7 Å². The molecule has 1 fully saturated rings. The number of piperidine rings is 1. The second-order valence-electron chi connectivity index (χ2n) is 6.81. The van der Waals surface area contributed by atoms with Gasteiger partial charge in [0.1, 0.15) is 0 Å². The van der Waals surface area contributed by atoms with E-state index in [4.69, 9.17) is 39.0 Å². The number of likely N-dealkylation sites (tertiary alicyclic amines) is 1. The van der Waals surface area contributed by atoms with Gasteiger partial charge in [0.25, 0.3) is 0 Å². The van der Waals surface area contributed by atoms with E-state index in [1.807, 2.05) is 18.2 Å². The zero-order valence-corrected chi connectivity index (χ0v) is 15.5. The Bertz CT molecular complexity index is 519. The minimum absolute atomic E-state index is 0.178. The number of halogens is 2. The predicted molar refractivity (Wildman–Crippen MR) is 101 cm³/mol. The lowest BCUT2D eigenvalue weighted by Crippen LogP contribution is -2.43. The highest BCUT2D eigenvalue weighted by atomic mass is 35.5. The van der Waals surface area contributed by atoms with Gasteiger partial charge >= 0.3 is 7.12 Å². The molecule has 0 radical (unpaired) electrons. The summed E-state index contributed by atoms with van der Waals surface area (Å²) in [4.78, 5) is 2.44. The van der Waals surface area contributed by atoms with Gasteiger partial charge in [0.2, 0.25) is 0 Å². The van der Waals surface area contributed by atoms with Crippen LogP contribution in [0.4, 0.5) is 0 Å². The highest BCUT2D eigenvalue weighted by Gasteiger charge is 2.25. The largest absolute Gasteiger partial charge is 0.451 e. The van der Waals surface area contributed by atoms with E-state index in [9.17, 15) is 0 Å². The zero-order chi connectivity index (χ0) is 17.5. The molecule has 1 aromatic rings. The van der Waals surface area contributed by atoms with Crippen molar-refractivity contribution in [3.63, 3.8) is 0 Å². The molecule has 2 atom stereocenters. The minimum Gasteiger partial charge on any atom is -0.427 e. The first-order valence-electron chi connectivity index (χ1n) is 8.73. The molecule has 4 nitrogen and oxygen atoms in total. The second kappa shape index (κ2) is 10.0. The summed E-state index contributed by atoms with van der Waals surface area (Å²) in [6, 6.07) is 5.99. The lowest BCUT2D eigenvalue weighted by Gasteiger charge is -2.35. The average molecular weight is 373 g/mol.